The van der Waals surface area contributed by atoms with Crippen molar-refractivity contribution < 1.29 is 0 Å². The topological polar surface area (TPSA) is 12.0 Å². The van der Waals surface area contributed by atoms with Gasteiger partial charge in [0, 0.05) is 6.04 Å². The van der Waals surface area contributed by atoms with Gasteiger partial charge in [-0.15, -0.1) is 0 Å². The summed E-state index contributed by atoms with van der Waals surface area (Å²) in [5, 5.41) is 3.53. The molecule has 0 heterocycles. The summed E-state index contributed by atoms with van der Waals surface area (Å²) in [6, 6.07) is 0.664. The zero-order valence-electron chi connectivity index (χ0n) is 9.76. The molecule has 2 atom stereocenters. The molecule has 2 heteroatoms. The Bertz CT molecular complexity index is 115. The predicted octanol–water partition coefficient (Wildman–Crippen LogP) is 3.01. The summed E-state index contributed by atoms with van der Waals surface area (Å²) in [6.45, 7) is 10.2. The molecule has 0 saturated heterocycles. The Labute approximate surface area is 88.1 Å². The molecule has 1 nitrogen and oxygen atoms in total. The number of rotatable bonds is 7. The number of hydrogen-bond acceptors (Lipinski definition) is 2. The van der Waals surface area contributed by atoms with Crippen LogP contribution >= 0.6 is 11.8 Å². The van der Waals surface area contributed by atoms with Crippen molar-refractivity contribution in [3.8, 4) is 0 Å². The Morgan fingerprint density at radius 1 is 1.23 bits per heavy atom. The zero-order valence-corrected chi connectivity index (χ0v) is 10.6. The van der Waals surface area contributed by atoms with Gasteiger partial charge in [-0.3, -0.25) is 0 Å². The molecular weight excluding hydrogens is 178 g/mol. The summed E-state index contributed by atoms with van der Waals surface area (Å²) in [5.74, 6) is 2.91. The third kappa shape index (κ3) is 5.58. The second kappa shape index (κ2) is 7.69. The minimum Gasteiger partial charge on any atom is -0.314 e. The van der Waals surface area contributed by atoms with E-state index in [-0.39, 0.29) is 0 Å². The Morgan fingerprint density at radius 2 is 1.85 bits per heavy atom. The maximum absolute atomic E-state index is 3.53. The molecule has 0 fully saturated rings. The van der Waals surface area contributed by atoms with Gasteiger partial charge in [0.05, 0.1) is 0 Å². The van der Waals surface area contributed by atoms with Gasteiger partial charge in [0.1, 0.15) is 0 Å². The summed E-state index contributed by atoms with van der Waals surface area (Å²) >= 11 is 1.96. The third-order valence-corrected chi connectivity index (χ3v) is 3.32. The lowest BCUT2D eigenvalue weighted by atomic mass is 9.87. The van der Waals surface area contributed by atoms with Gasteiger partial charge in [-0.2, -0.15) is 11.8 Å². The minimum atomic E-state index is 0.664. The normalized spacial score (nSPS) is 16.2. The highest BCUT2D eigenvalue weighted by atomic mass is 32.2. The van der Waals surface area contributed by atoms with E-state index < -0.39 is 0 Å². The third-order valence-electron chi connectivity index (χ3n) is 2.68. The van der Waals surface area contributed by atoms with Crippen molar-refractivity contribution >= 4 is 11.8 Å². The second-order valence-corrected chi connectivity index (χ2v) is 5.02. The highest BCUT2D eigenvalue weighted by Gasteiger charge is 2.19. The molecule has 0 amide bonds. The maximum Gasteiger partial charge on any atom is 0.00696 e. The van der Waals surface area contributed by atoms with Gasteiger partial charge in [0.2, 0.25) is 0 Å². The molecule has 0 spiro atoms. The highest BCUT2D eigenvalue weighted by Crippen LogP contribution is 2.21. The molecule has 1 N–H and O–H groups in total. The highest BCUT2D eigenvalue weighted by molar-refractivity contribution is 7.98. The fourth-order valence-corrected chi connectivity index (χ4v) is 2.40. The van der Waals surface area contributed by atoms with E-state index in [0.29, 0.717) is 6.04 Å². The van der Waals surface area contributed by atoms with Crippen molar-refractivity contribution in [2.24, 2.45) is 11.8 Å². The number of thioether (sulfide) groups is 1. The van der Waals surface area contributed by atoms with Crippen molar-refractivity contribution in [2.45, 2.75) is 40.2 Å². The molecule has 0 rings (SSSR count). The van der Waals surface area contributed by atoms with Crippen LogP contribution in [-0.4, -0.2) is 24.6 Å². The first kappa shape index (κ1) is 13.3. The van der Waals surface area contributed by atoms with Gasteiger partial charge in [-0.25, -0.2) is 0 Å². The largest absolute Gasteiger partial charge is 0.314 e. The molecule has 0 radical (unpaired) electrons. The second-order valence-electron chi connectivity index (χ2n) is 4.04. The monoisotopic (exact) mass is 203 g/mol. The summed E-state index contributed by atoms with van der Waals surface area (Å²) in [7, 11) is 0. The summed E-state index contributed by atoms with van der Waals surface area (Å²) in [5.41, 5.74) is 0. The molecule has 80 valence electrons. The SMILES string of the molecule is CCNC(C)C(CCSC)C(C)C. The summed E-state index contributed by atoms with van der Waals surface area (Å²) < 4.78 is 0. The van der Waals surface area contributed by atoms with Crippen molar-refractivity contribution in [3.05, 3.63) is 0 Å². The summed E-state index contributed by atoms with van der Waals surface area (Å²) in [4.78, 5) is 0. The van der Waals surface area contributed by atoms with Crippen LogP contribution < -0.4 is 5.32 Å². The Balaban J connectivity index is 3.91. The van der Waals surface area contributed by atoms with E-state index in [1.54, 1.807) is 0 Å². The molecule has 0 bridgehead atoms. The lowest BCUT2D eigenvalue weighted by Gasteiger charge is -2.27. The zero-order chi connectivity index (χ0) is 10.3. The van der Waals surface area contributed by atoms with E-state index in [4.69, 9.17) is 0 Å². The first-order chi connectivity index (χ1) is 6.13. The molecule has 0 aliphatic rings. The van der Waals surface area contributed by atoms with E-state index in [0.717, 1.165) is 18.4 Å². The van der Waals surface area contributed by atoms with Crippen LogP contribution in [0.5, 0.6) is 0 Å². The molecule has 0 aliphatic heterocycles. The van der Waals surface area contributed by atoms with E-state index in [1.807, 2.05) is 11.8 Å². The predicted molar refractivity (Wildman–Crippen MR) is 64.5 cm³/mol. The van der Waals surface area contributed by atoms with Gasteiger partial charge in [-0.05, 0) is 43.7 Å². The van der Waals surface area contributed by atoms with E-state index in [1.165, 1.54) is 12.2 Å². The fraction of sp³-hybridized carbons (Fsp3) is 1.00. The fourth-order valence-electron chi connectivity index (χ4n) is 1.89. The standard InChI is InChI=1S/C11H25NS/c1-6-12-10(4)11(9(2)3)7-8-13-5/h9-12H,6-8H2,1-5H3. The van der Waals surface area contributed by atoms with Gasteiger partial charge >= 0.3 is 0 Å². The minimum absolute atomic E-state index is 0.664. The van der Waals surface area contributed by atoms with Gasteiger partial charge in [0.25, 0.3) is 0 Å². The van der Waals surface area contributed by atoms with Crippen LogP contribution in [0.3, 0.4) is 0 Å². The first-order valence-electron chi connectivity index (χ1n) is 5.35. The average Bonchev–Trinajstić information content (AvgIpc) is 2.05. The Morgan fingerprint density at radius 3 is 2.23 bits per heavy atom. The molecule has 0 aromatic carbocycles. The average molecular weight is 203 g/mol. The van der Waals surface area contributed by atoms with Crippen LogP contribution in [0, 0.1) is 11.8 Å². The van der Waals surface area contributed by atoms with E-state index in [2.05, 4.69) is 39.3 Å². The molecular formula is C11H25NS. The molecule has 0 aromatic rings. The van der Waals surface area contributed by atoms with Crippen molar-refractivity contribution in [1.82, 2.24) is 5.32 Å². The molecule has 0 aliphatic carbocycles. The van der Waals surface area contributed by atoms with E-state index >= 15 is 0 Å². The quantitative estimate of drug-likeness (QED) is 0.682. The molecule has 2 unspecified atom stereocenters. The van der Waals surface area contributed by atoms with Crippen molar-refractivity contribution in [1.29, 1.82) is 0 Å². The number of nitrogens with one attached hydrogen (secondary N) is 1. The van der Waals surface area contributed by atoms with Gasteiger partial charge in [0.15, 0.2) is 0 Å². The van der Waals surface area contributed by atoms with E-state index in [9.17, 15) is 0 Å². The lowest BCUT2D eigenvalue weighted by Crippen LogP contribution is -2.36. The maximum atomic E-state index is 3.53. The Hall–Kier alpha value is 0.310. The van der Waals surface area contributed by atoms with Crippen LogP contribution in [0.15, 0.2) is 0 Å². The van der Waals surface area contributed by atoms with Crippen LogP contribution in [0.4, 0.5) is 0 Å². The Kier molecular flexibility index (Phi) is 7.87. The van der Waals surface area contributed by atoms with Crippen LogP contribution in [0.1, 0.15) is 34.1 Å². The lowest BCUT2D eigenvalue weighted by molar-refractivity contribution is 0.287. The smallest absolute Gasteiger partial charge is 0.00696 e. The van der Waals surface area contributed by atoms with Crippen molar-refractivity contribution in [2.75, 3.05) is 18.6 Å². The molecule has 13 heavy (non-hydrogen) atoms. The molecule has 0 saturated carbocycles. The molecule has 0 aromatic heterocycles. The van der Waals surface area contributed by atoms with Crippen LogP contribution in [-0.2, 0) is 0 Å². The van der Waals surface area contributed by atoms with Gasteiger partial charge in [-0.1, -0.05) is 20.8 Å². The van der Waals surface area contributed by atoms with Crippen molar-refractivity contribution in [3.63, 3.8) is 0 Å². The first-order valence-corrected chi connectivity index (χ1v) is 6.75. The van der Waals surface area contributed by atoms with Crippen LogP contribution in [0.25, 0.3) is 0 Å². The van der Waals surface area contributed by atoms with Gasteiger partial charge < -0.3 is 5.32 Å². The number of hydrogen-bond donors (Lipinski definition) is 1. The van der Waals surface area contributed by atoms with Crippen LogP contribution in [0.2, 0.25) is 0 Å². The summed E-state index contributed by atoms with van der Waals surface area (Å²) in [6.07, 6.45) is 3.53.